The normalized spacial score (nSPS) is 29.8. The van der Waals surface area contributed by atoms with Crippen LogP contribution in [0.25, 0.3) is 0 Å². The third-order valence-electron chi connectivity index (χ3n) is 4.49. The van der Waals surface area contributed by atoms with Crippen LogP contribution in [0.5, 0.6) is 0 Å². The Balaban J connectivity index is 1.85. The van der Waals surface area contributed by atoms with Crippen molar-refractivity contribution in [2.45, 2.75) is 38.7 Å². The van der Waals surface area contributed by atoms with Gasteiger partial charge in [0.15, 0.2) is 0 Å². The predicted molar refractivity (Wildman–Crippen MR) is 75.5 cm³/mol. The van der Waals surface area contributed by atoms with Crippen LogP contribution >= 0.6 is 11.6 Å². The average Bonchev–Trinajstić information content (AvgIpc) is 2.95. The second kappa shape index (κ2) is 5.25. The van der Waals surface area contributed by atoms with Gasteiger partial charge in [-0.15, -0.1) is 0 Å². The maximum Gasteiger partial charge on any atom is 0.137 e. The van der Waals surface area contributed by atoms with Crippen molar-refractivity contribution < 1.29 is 5.11 Å². The summed E-state index contributed by atoms with van der Waals surface area (Å²) in [6.07, 6.45) is 5.43. The first-order valence-corrected chi connectivity index (χ1v) is 7.51. The Morgan fingerprint density at radius 2 is 2.21 bits per heavy atom. The van der Waals surface area contributed by atoms with Gasteiger partial charge in [-0.05, 0) is 25.2 Å². The van der Waals surface area contributed by atoms with E-state index >= 15 is 0 Å². The molecule has 1 N–H and O–H groups in total. The zero-order chi connectivity index (χ0) is 13.4. The summed E-state index contributed by atoms with van der Waals surface area (Å²) in [6.45, 7) is 4.03. The summed E-state index contributed by atoms with van der Waals surface area (Å²) in [4.78, 5) is 10.8. The van der Waals surface area contributed by atoms with Crippen LogP contribution < -0.4 is 4.90 Å². The molecule has 3 rings (SSSR count). The molecule has 0 spiro atoms. The number of hydrogen-bond donors (Lipinski definition) is 1. The Hall–Kier alpha value is -0.870. The van der Waals surface area contributed by atoms with Crippen molar-refractivity contribution in [2.75, 3.05) is 18.0 Å². The largest absolute Gasteiger partial charge is 0.393 e. The summed E-state index contributed by atoms with van der Waals surface area (Å²) >= 11 is 6.21. The van der Waals surface area contributed by atoms with Crippen molar-refractivity contribution in [3.05, 3.63) is 17.0 Å². The lowest BCUT2D eigenvalue weighted by Gasteiger charge is -2.22. The maximum atomic E-state index is 10.0. The number of halogens is 1. The molecule has 1 saturated carbocycles. The van der Waals surface area contributed by atoms with Gasteiger partial charge in [0, 0.05) is 24.6 Å². The van der Waals surface area contributed by atoms with Crippen LogP contribution in [0.1, 0.15) is 31.7 Å². The highest BCUT2D eigenvalue weighted by Crippen LogP contribution is 2.40. The van der Waals surface area contributed by atoms with Gasteiger partial charge in [0.1, 0.15) is 17.3 Å². The molecule has 3 unspecified atom stereocenters. The van der Waals surface area contributed by atoms with Crippen molar-refractivity contribution in [1.82, 2.24) is 9.97 Å². The average molecular weight is 282 g/mol. The summed E-state index contributed by atoms with van der Waals surface area (Å²) in [5, 5.41) is 10.6. The van der Waals surface area contributed by atoms with Gasteiger partial charge in [-0.25, -0.2) is 9.97 Å². The fraction of sp³-hybridized carbons (Fsp3) is 0.714. The van der Waals surface area contributed by atoms with E-state index in [4.69, 9.17) is 11.6 Å². The number of nitrogens with zero attached hydrogens (tertiary/aromatic N) is 3. The van der Waals surface area contributed by atoms with Gasteiger partial charge in [0.2, 0.25) is 0 Å². The van der Waals surface area contributed by atoms with E-state index in [1.807, 2.05) is 0 Å². The first-order chi connectivity index (χ1) is 9.20. The summed E-state index contributed by atoms with van der Waals surface area (Å²) in [6, 6.07) is 0. The Bertz CT molecular complexity index is 468. The lowest BCUT2D eigenvalue weighted by Crippen LogP contribution is -2.26. The third kappa shape index (κ3) is 2.32. The minimum Gasteiger partial charge on any atom is -0.393 e. The lowest BCUT2D eigenvalue weighted by atomic mass is 10.00. The molecule has 0 aromatic carbocycles. The highest BCUT2D eigenvalue weighted by molar-refractivity contribution is 6.30. The molecular formula is C14H20ClN3O. The summed E-state index contributed by atoms with van der Waals surface area (Å²) in [5.74, 6) is 1.99. The summed E-state index contributed by atoms with van der Waals surface area (Å²) < 4.78 is 0. The molecule has 2 aliphatic rings. The lowest BCUT2D eigenvalue weighted by molar-refractivity contribution is 0.133. The summed E-state index contributed by atoms with van der Waals surface area (Å²) in [5.41, 5.74) is 1.06. The summed E-state index contributed by atoms with van der Waals surface area (Å²) in [7, 11) is 0. The molecule has 4 nitrogen and oxygen atoms in total. The highest BCUT2D eigenvalue weighted by atomic mass is 35.5. The van der Waals surface area contributed by atoms with E-state index in [1.165, 1.54) is 0 Å². The molecule has 19 heavy (non-hydrogen) atoms. The molecule has 0 bridgehead atoms. The van der Waals surface area contributed by atoms with Crippen molar-refractivity contribution in [1.29, 1.82) is 0 Å². The molecule has 1 aromatic heterocycles. The zero-order valence-corrected chi connectivity index (χ0v) is 12.0. The molecule has 1 aromatic rings. The Labute approximate surface area is 118 Å². The van der Waals surface area contributed by atoms with Crippen LogP contribution in [0.3, 0.4) is 0 Å². The minimum atomic E-state index is -0.137. The molecule has 0 radical (unpaired) electrons. The third-order valence-corrected chi connectivity index (χ3v) is 4.81. The smallest absolute Gasteiger partial charge is 0.137 e. The predicted octanol–water partition coefficient (Wildman–Crippen LogP) is 2.29. The number of anilines is 1. The molecule has 3 atom stereocenters. The van der Waals surface area contributed by atoms with E-state index in [0.717, 1.165) is 50.2 Å². The molecule has 1 aliphatic heterocycles. The molecule has 2 fully saturated rings. The number of fused-ring (bicyclic) bond motifs is 1. The second-order valence-corrected chi connectivity index (χ2v) is 6.05. The van der Waals surface area contributed by atoms with Crippen molar-refractivity contribution in [3.63, 3.8) is 0 Å². The molecule has 5 heteroatoms. The monoisotopic (exact) mass is 281 g/mol. The van der Waals surface area contributed by atoms with Gasteiger partial charge in [0.25, 0.3) is 0 Å². The van der Waals surface area contributed by atoms with Crippen LogP contribution in [0, 0.1) is 11.8 Å². The van der Waals surface area contributed by atoms with Crippen LogP contribution in [0.4, 0.5) is 5.82 Å². The Morgan fingerprint density at radius 1 is 1.37 bits per heavy atom. The van der Waals surface area contributed by atoms with Gasteiger partial charge in [-0.1, -0.05) is 24.9 Å². The van der Waals surface area contributed by atoms with Gasteiger partial charge < -0.3 is 10.0 Å². The SMILES string of the molecule is CCCc1c(Cl)ncnc1N1CC2CCC(O)C2C1. The van der Waals surface area contributed by atoms with E-state index in [1.54, 1.807) is 6.33 Å². The number of rotatable bonds is 3. The number of hydrogen-bond acceptors (Lipinski definition) is 4. The maximum absolute atomic E-state index is 10.0. The van der Waals surface area contributed by atoms with Crippen LogP contribution in [-0.4, -0.2) is 34.3 Å². The van der Waals surface area contributed by atoms with Crippen LogP contribution in [0.15, 0.2) is 6.33 Å². The fourth-order valence-electron chi connectivity index (χ4n) is 3.53. The Morgan fingerprint density at radius 3 is 2.95 bits per heavy atom. The van der Waals surface area contributed by atoms with Gasteiger partial charge >= 0.3 is 0 Å². The topological polar surface area (TPSA) is 49.2 Å². The molecular weight excluding hydrogens is 262 g/mol. The van der Waals surface area contributed by atoms with Crippen LogP contribution in [-0.2, 0) is 6.42 Å². The fourth-order valence-corrected chi connectivity index (χ4v) is 3.75. The van der Waals surface area contributed by atoms with E-state index in [9.17, 15) is 5.11 Å². The molecule has 1 aliphatic carbocycles. The standard InChI is InChI=1S/C14H20ClN3O/c1-2-3-10-13(15)16-8-17-14(10)18-6-9-4-5-12(19)11(9)7-18/h8-9,11-12,19H,2-7H2,1H3. The van der Waals surface area contributed by atoms with Crippen molar-refractivity contribution in [3.8, 4) is 0 Å². The number of aliphatic hydroxyl groups is 1. The van der Waals surface area contributed by atoms with E-state index in [0.29, 0.717) is 17.0 Å². The van der Waals surface area contributed by atoms with E-state index in [2.05, 4.69) is 21.8 Å². The van der Waals surface area contributed by atoms with E-state index in [-0.39, 0.29) is 6.10 Å². The molecule has 104 valence electrons. The molecule has 0 amide bonds. The van der Waals surface area contributed by atoms with Crippen molar-refractivity contribution in [2.24, 2.45) is 11.8 Å². The first-order valence-electron chi connectivity index (χ1n) is 7.13. The number of aromatic nitrogens is 2. The van der Waals surface area contributed by atoms with Gasteiger partial charge in [0.05, 0.1) is 6.10 Å². The van der Waals surface area contributed by atoms with Gasteiger partial charge in [-0.2, -0.15) is 0 Å². The van der Waals surface area contributed by atoms with Gasteiger partial charge in [-0.3, -0.25) is 0 Å². The Kier molecular flexibility index (Phi) is 3.63. The molecule has 2 heterocycles. The van der Waals surface area contributed by atoms with Crippen molar-refractivity contribution >= 4 is 17.4 Å². The number of aliphatic hydroxyl groups excluding tert-OH is 1. The highest BCUT2D eigenvalue weighted by Gasteiger charge is 2.42. The zero-order valence-electron chi connectivity index (χ0n) is 11.2. The van der Waals surface area contributed by atoms with E-state index < -0.39 is 0 Å². The molecule has 1 saturated heterocycles. The quantitative estimate of drug-likeness (QED) is 0.864. The second-order valence-electron chi connectivity index (χ2n) is 5.69. The minimum absolute atomic E-state index is 0.137. The first kappa shape index (κ1) is 13.1. The van der Waals surface area contributed by atoms with Crippen LogP contribution in [0.2, 0.25) is 5.15 Å².